The molecule has 0 saturated carbocycles. The van der Waals surface area contributed by atoms with Crippen molar-refractivity contribution in [2.75, 3.05) is 26.0 Å². The molecule has 0 aliphatic heterocycles. The Balaban J connectivity index is 2.44. The van der Waals surface area contributed by atoms with Gasteiger partial charge >= 0.3 is 0 Å². The average molecular weight is 243 g/mol. The van der Waals surface area contributed by atoms with E-state index in [0.29, 0.717) is 11.8 Å². The third kappa shape index (κ3) is 4.78. The molecule has 1 atom stereocenters. The van der Waals surface area contributed by atoms with Gasteiger partial charge in [-0.1, -0.05) is 18.7 Å². The smallest absolute Gasteiger partial charge is 0.251 e. The fraction of sp³-hybridized carbons (Fsp3) is 0.600. The Morgan fingerprint density at radius 1 is 1.69 bits per heavy atom. The third-order valence-corrected chi connectivity index (χ3v) is 2.98. The third-order valence-electron chi connectivity index (χ3n) is 1.93. The van der Waals surface area contributed by atoms with E-state index in [1.54, 1.807) is 7.11 Å². The number of methoxy groups -OCH3 is 1. The van der Waals surface area contributed by atoms with Crippen molar-refractivity contribution in [3.8, 4) is 0 Å². The van der Waals surface area contributed by atoms with Gasteiger partial charge in [0.2, 0.25) is 0 Å². The summed E-state index contributed by atoms with van der Waals surface area (Å²) in [5.74, 6) is 0.814. The lowest BCUT2D eigenvalue weighted by atomic mass is 10.3. The van der Waals surface area contributed by atoms with E-state index in [4.69, 9.17) is 4.74 Å². The normalized spacial score (nSPS) is 12.6. The van der Waals surface area contributed by atoms with Crippen LogP contribution in [0.4, 0.5) is 0 Å². The maximum Gasteiger partial charge on any atom is 0.251 e. The van der Waals surface area contributed by atoms with Crippen molar-refractivity contribution >= 4 is 11.8 Å². The Hall–Kier alpha value is -0.850. The number of H-pyrrole nitrogens is 1. The summed E-state index contributed by atoms with van der Waals surface area (Å²) in [5, 5.41) is 3.95. The SMILES string of the molecule is CCNC(COC)CSc1nccc(=O)[nH]1. The molecule has 1 aromatic heterocycles. The monoisotopic (exact) mass is 243 g/mol. The van der Waals surface area contributed by atoms with Gasteiger partial charge in [-0.15, -0.1) is 0 Å². The van der Waals surface area contributed by atoms with Crippen LogP contribution in [0.25, 0.3) is 0 Å². The standard InChI is InChI=1S/C10H17N3O2S/c1-3-11-8(6-15-2)7-16-10-12-5-4-9(14)13-10/h4-5,8,11H,3,6-7H2,1-2H3,(H,12,13,14). The van der Waals surface area contributed by atoms with Gasteiger partial charge in [0, 0.05) is 31.2 Å². The van der Waals surface area contributed by atoms with E-state index in [0.717, 1.165) is 12.3 Å². The van der Waals surface area contributed by atoms with E-state index >= 15 is 0 Å². The molecule has 0 amide bonds. The van der Waals surface area contributed by atoms with Crippen molar-refractivity contribution in [2.24, 2.45) is 0 Å². The Morgan fingerprint density at radius 2 is 2.50 bits per heavy atom. The molecule has 1 unspecified atom stereocenters. The number of likely N-dealkylation sites (N-methyl/N-ethyl adjacent to an activating group) is 1. The maximum atomic E-state index is 11.0. The Labute approximate surface area is 99.0 Å². The topological polar surface area (TPSA) is 67.0 Å². The molecule has 0 saturated heterocycles. The lowest BCUT2D eigenvalue weighted by Gasteiger charge is -2.15. The van der Waals surface area contributed by atoms with Gasteiger partial charge in [0.25, 0.3) is 5.56 Å². The van der Waals surface area contributed by atoms with Crippen LogP contribution in [-0.2, 0) is 4.74 Å². The van der Waals surface area contributed by atoms with Gasteiger partial charge in [0.1, 0.15) is 0 Å². The van der Waals surface area contributed by atoms with Crippen LogP contribution in [0.3, 0.4) is 0 Å². The van der Waals surface area contributed by atoms with Crippen LogP contribution in [0.15, 0.2) is 22.2 Å². The van der Waals surface area contributed by atoms with Gasteiger partial charge in [-0.05, 0) is 6.54 Å². The van der Waals surface area contributed by atoms with Gasteiger partial charge in [-0.25, -0.2) is 4.98 Å². The second-order valence-electron chi connectivity index (χ2n) is 3.26. The van der Waals surface area contributed by atoms with Gasteiger partial charge in [0.15, 0.2) is 5.16 Å². The molecule has 1 rings (SSSR count). The average Bonchev–Trinajstić information content (AvgIpc) is 2.27. The van der Waals surface area contributed by atoms with E-state index in [1.807, 2.05) is 0 Å². The van der Waals surface area contributed by atoms with Crippen molar-refractivity contribution in [3.05, 3.63) is 22.6 Å². The van der Waals surface area contributed by atoms with Crippen molar-refractivity contribution in [1.29, 1.82) is 0 Å². The molecule has 2 N–H and O–H groups in total. The van der Waals surface area contributed by atoms with Gasteiger partial charge < -0.3 is 15.0 Å². The summed E-state index contributed by atoms with van der Waals surface area (Å²) in [7, 11) is 1.68. The largest absolute Gasteiger partial charge is 0.383 e. The van der Waals surface area contributed by atoms with Crippen LogP contribution < -0.4 is 10.9 Å². The minimum atomic E-state index is -0.121. The zero-order valence-electron chi connectivity index (χ0n) is 9.53. The highest BCUT2D eigenvalue weighted by atomic mass is 32.2. The highest BCUT2D eigenvalue weighted by molar-refractivity contribution is 7.99. The molecule has 1 aromatic rings. The van der Waals surface area contributed by atoms with Crippen molar-refractivity contribution in [1.82, 2.24) is 15.3 Å². The van der Waals surface area contributed by atoms with Gasteiger partial charge in [0.05, 0.1) is 6.61 Å². The summed E-state index contributed by atoms with van der Waals surface area (Å²) >= 11 is 1.51. The van der Waals surface area contributed by atoms with Crippen LogP contribution in [-0.4, -0.2) is 42.0 Å². The number of thioether (sulfide) groups is 1. The molecule has 0 fully saturated rings. The number of rotatable bonds is 7. The number of hydrogen-bond acceptors (Lipinski definition) is 5. The number of ether oxygens (including phenoxy) is 1. The first-order valence-corrected chi connectivity index (χ1v) is 6.15. The fourth-order valence-corrected chi connectivity index (χ4v) is 2.14. The van der Waals surface area contributed by atoms with Crippen LogP contribution in [0, 0.1) is 0 Å². The molecule has 0 aromatic carbocycles. The van der Waals surface area contributed by atoms with Gasteiger partial charge in [-0.3, -0.25) is 4.79 Å². The fourth-order valence-electron chi connectivity index (χ4n) is 1.26. The van der Waals surface area contributed by atoms with Crippen molar-refractivity contribution in [2.45, 2.75) is 18.1 Å². The first kappa shape index (κ1) is 13.2. The number of aromatic amines is 1. The minimum Gasteiger partial charge on any atom is -0.383 e. The quantitative estimate of drug-likeness (QED) is 0.539. The molecule has 0 aliphatic carbocycles. The number of nitrogens with one attached hydrogen (secondary N) is 2. The van der Waals surface area contributed by atoms with Crippen LogP contribution >= 0.6 is 11.8 Å². The van der Waals surface area contributed by atoms with E-state index in [2.05, 4.69) is 22.2 Å². The minimum absolute atomic E-state index is 0.121. The number of nitrogens with zero attached hydrogens (tertiary/aromatic N) is 1. The van der Waals surface area contributed by atoms with Crippen molar-refractivity contribution in [3.63, 3.8) is 0 Å². The first-order valence-electron chi connectivity index (χ1n) is 5.16. The second-order valence-corrected chi connectivity index (χ2v) is 4.27. The summed E-state index contributed by atoms with van der Waals surface area (Å²) in [6.07, 6.45) is 1.51. The predicted molar refractivity (Wildman–Crippen MR) is 64.9 cm³/mol. The highest BCUT2D eigenvalue weighted by Crippen LogP contribution is 2.11. The molecule has 16 heavy (non-hydrogen) atoms. The summed E-state index contributed by atoms with van der Waals surface area (Å²) in [6.45, 7) is 3.60. The summed E-state index contributed by atoms with van der Waals surface area (Å²) in [5.41, 5.74) is -0.121. The molecule has 0 aliphatic rings. The Bertz CT molecular complexity index is 350. The molecule has 5 nitrogen and oxygen atoms in total. The molecular formula is C10H17N3O2S. The van der Waals surface area contributed by atoms with E-state index in [1.165, 1.54) is 24.0 Å². The second kappa shape index (κ2) is 7.43. The zero-order chi connectivity index (χ0) is 11.8. The van der Waals surface area contributed by atoms with Crippen LogP contribution in [0.2, 0.25) is 0 Å². The Morgan fingerprint density at radius 3 is 3.12 bits per heavy atom. The van der Waals surface area contributed by atoms with E-state index in [9.17, 15) is 4.79 Å². The van der Waals surface area contributed by atoms with E-state index in [-0.39, 0.29) is 11.6 Å². The molecule has 6 heteroatoms. The summed E-state index contributed by atoms with van der Waals surface area (Å²) in [6, 6.07) is 1.67. The van der Waals surface area contributed by atoms with E-state index < -0.39 is 0 Å². The van der Waals surface area contributed by atoms with Gasteiger partial charge in [-0.2, -0.15) is 0 Å². The first-order chi connectivity index (χ1) is 7.76. The highest BCUT2D eigenvalue weighted by Gasteiger charge is 2.08. The predicted octanol–water partition coefficient (Wildman–Crippen LogP) is 0.486. The van der Waals surface area contributed by atoms with Crippen molar-refractivity contribution < 1.29 is 4.74 Å². The lowest BCUT2D eigenvalue weighted by Crippen LogP contribution is -2.35. The van der Waals surface area contributed by atoms with Crippen LogP contribution in [0.5, 0.6) is 0 Å². The summed E-state index contributed by atoms with van der Waals surface area (Å²) < 4.78 is 5.10. The lowest BCUT2D eigenvalue weighted by molar-refractivity contribution is 0.174. The summed E-state index contributed by atoms with van der Waals surface area (Å²) in [4.78, 5) is 17.8. The molecule has 0 radical (unpaired) electrons. The molecule has 0 spiro atoms. The Kier molecular flexibility index (Phi) is 6.14. The number of aromatic nitrogens is 2. The number of hydrogen-bond donors (Lipinski definition) is 2. The molecular weight excluding hydrogens is 226 g/mol. The van der Waals surface area contributed by atoms with Crippen LogP contribution in [0.1, 0.15) is 6.92 Å². The molecule has 1 heterocycles. The molecule has 0 bridgehead atoms. The molecule has 90 valence electrons. The zero-order valence-corrected chi connectivity index (χ0v) is 10.3. The maximum absolute atomic E-state index is 11.0.